The van der Waals surface area contributed by atoms with E-state index in [2.05, 4.69) is 10.2 Å². The van der Waals surface area contributed by atoms with Gasteiger partial charge in [-0.15, -0.1) is 10.2 Å². The molecule has 0 N–H and O–H groups in total. The topological polar surface area (TPSA) is 93.4 Å². The summed E-state index contributed by atoms with van der Waals surface area (Å²) >= 11 is 1.22. The molecule has 1 aliphatic carbocycles. The molecule has 1 aliphatic heterocycles. The number of thioether (sulfide) groups is 1. The zero-order valence-corrected chi connectivity index (χ0v) is 17.8. The molecule has 1 saturated carbocycles. The molecule has 29 heavy (non-hydrogen) atoms. The third-order valence-corrected chi connectivity index (χ3v) is 8.13. The molecule has 2 aliphatic rings. The van der Waals surface area contributed by atoms with Crippen molar-refractivity contribution in [3.8, 4) is 0 Å². The fourth-order valence-electron chi connectivity index (χ4n) is 4.22. The maximum Gasteiger partial charge on any atom is 0.277 e. The first kappa shape index (κ1) is 20.4. The van der Waals surface area contributed by atoms with Gasteiger partial charge >= 0.3 is 0 Å². The molecule has 1 aromatic heterocycles. The van der Waals surface area contributed by atoms with Crippen LogP contribution in [0.4, 0.5) is 0 Å². The molecule has 2 heterocycles. The average molecular weight is 436 g/mol. The first-order valence-corrected chi connectivity index (χ1v) is 12.8. The van der Waals surface area contributed by atoms with Crippen molar-refractivity contribution >= 4 is 27.5 Å². The van der Waals surface area contributed by atoms with E-state index in [1.165, 1.54) is 11.8 Å². The summed E-state index contributed by atoms with van der Waals surface area (Å²) < 4.78 is 29.6. The molecule has 2 fully saturated rings. The standard InChI is InChI=1S/C20H25N3O4S2/c24-19(23(16-8-4-5-9-16)17-10-11-29(25,26)14-17)13-28-20-22-21-18(27-20)12-15-6-2-1-3-7-15/h1-3,6-7,16-17H,4-5,8-14H2/t17-/m0/s1. The van der Waals surface area contributed by atoms with Crippen LogP contribution in [0.25, 0.3) is 0 Å². The number of carbonyl (C=O) groups is 1. The van der Waals surface area contributed by atoms with Gasteiger partial charge in [0.05, 0.1) is 23.7 Å². The lowest BCUT2D eigenvalue weighted by molar-refractivity contribution is -0.132. The minimum atomic E-state index is -3.04. The van der Waals surface area contributed by atoms with Crippen molar-refractivity contribution in [3.05, 3.63) is 41.8 Å². The summed E-state index contributed by atoms with van der Waals surface area (Å²) in [6.07, 6.45) is 5.18. The molecule has 1 amide bonds. The summed E-state index contributed by atoms with van der Waals surface area (Å²) in [5.74, 6) is 0.919. The first-order chi connectivity index (χ1) is 14.0. The van der Waals surface area contributed by atoms with E-state index in [9.17, 15) is 13.2 Å². The Labute approximate surface area is 175 Å². The van der Waals surface area contributed by atoms with Crippen LogP contribution in [0, 0.1) is 0 Å². The molecule has 156 valence electrons. The van der Waals surface area contributed by atoms with Gasteiger partial charge in [0.2, 0.25) is 11.8 Å². The van der Waals surface area contributed by atoms with E-state index in [1.807, 2.05) is 35.2 Å². The summed E-state index contributed by atoms with van der Waals surface area (Å²) in [4.78, 5) is 14.9. The van der Waals surface area contributed by atoms with Crippen LogP contribution in [-0.2, 0) is 21.1 Å². The largest absolute Gasteiger partial charge is 0.416 e. The van der Waals surface area contributed by atoms with Crippen molar-refractivity contribution < 1.29 is 17.6 Å². The highest BCUT2D eigenvalue weighted by Gasteiger charge is 2.38. The van der Waals surface area contributed by atoms with Gasteiger partial charge in [-0.05, 0) is 24.8 Å². The molecular formula is C20H25N3O4S2. The average Bonchev–Trinajstić information content (AvgIpc) is 3.44. The van der Waals surface area contributed by atoms with E-state index in [4.69, 9.17) is 4.42 Å². The maximum atomic E-state index is 13.0. The highest BCUT2D eigenvalue weighted by molar-refractivity contribution is 7.99. The molecule has 9 heteroatoms. The van der Waals surface area contributed by atoms with Crippen LogP contribution in [0.15, 0.2) is 40.0 Å². The Kier molecular flexibility index (Phi) is 6.24. The van der Waals surface area contributed by atoms with Crippen LogP contribution in [-0.4, -0.2) is 58.8 Å². The molecule has 0 spiro atoms. The summed E-state index contributed by atoms with van der Waals surface area (Å²) in [5.41, 5.74) is 1.08. The fraction of sp³-hybridized carbons (Fsp3) is 0.550. The third kappa shape index (κ3) is 5.19. The first-order valence-electron chi connectivity index (χ1n) is 10.0. The lowest BCUT2D eigenvalue weighted by Gasteiger charge is -2.34. The van der Waals surface area contributed by atoms with Gasteiger partial charge in [0.1, 0.15) is 0 Å². The number of rotatable bonds is 7. The number of aromatic nitrogens is 2. The van der Waals surface area contributed by atoms with E-state index in [0.29, 0.717) is 24.0 Å². The number of hydrogen-bond donors (Lipinski definition) is 0. The van der Waals surface area contributed by atoms with Crippen LogP contribution in [0.3, 0.4) is 0 Å². The zero-order chi connectivity index (χ0) is 20.3. The van der Waals surface area contributed by atoms with Gasteiger partial charge in [-0.1, -0.05) is 54.9 Å². The fourth-order valence-corrected chi connectivity index (χ4v) is 6.58. The van der Waals surface area contributed by atoms with Crippen LogP contribution in [0.1, 0.15) is 43.6 Å². The van der Waals surface area contributed by atoms with Crippen LogP contribution in [0.2, 0.25) is 0 Å². The van der Waals surface area contributed by atoms with Crippen LogP contribution in [0.5, 0.6) is 0 Å². The van der Waals surface area contributed by atoms with Crippen LogP contribution >= 0.6 is 11.8 Å². The van der Waals surface area contributed by atoms with Crippen molar-refractivity contribution in [2.45, 2.75) is 55.8 Å². The molecule has 1 aromatic carbocycles. The smallest absolute Gasteiger partial charge is 0.277 e. The molecule has 0 bridgehead atoms. The molecule has 0 unspecified atom stereocenters. The van der Waals surface area contributed by atoms with E-state index >= 15 is 0 Å². The lowest BCUT2D eigenvalue weighted by Crippen LogP contribution is -2.47. The van der Waals surface area contributed by atoms with Gasteiger partial charge in [-0.2, -0.15) is 0 Å². The summed E-state index contributed by atoms with van der Waals surface area (Å²) in [5, 5.41) is 8.48. The minimum Gasteiger partial charge on any atom is -0.416 e. The molecule has 7 nitrogen and oxygen atoms in total. The Morgan fingerprint density at radius 3 is 2.55 bits per heavy atom. The van der Waals surface area contributed by atoms with E-state index < -0.39 is 9.84 Å². The predicted molar refractivity (Wildman–Crippen MR) is 110 cm³/mol. The molecule has 2 aromatic rings. The van der Waals surface area contributed by atoms with Gasteiger partial charge in [-0.25, -0.2) is 8.42 Å². The normalized spacial score (nSPS) is 21.4. The maximum absolute atomic E-state index is 13.0. The number of hydrogen-bond acceptors (Lipinski definition) is 7. The predicted octanol–water partition coefficient (Wildman–Crippen LogP) is 2.71. The second kappa shape index (κ2) is 8.87. The van der Waals surface area contributed by atoms with Gasteiger partial charge in [0.25, 0.3) is 5.22 Å². The summed E-state index contributed by atoms with van der Waals surface area (Å²) in [6, 6.07) is 9.81. The van der Waals surface area contributed by atoms with Gasteiger partial charge in [-0.3, -0.25) is 4.79 Å². The molecular weight excluding hydrogens is 410 g/mol. The van der Waals surface area contributed by atoms with E-state index in [0.717, 1.165) is 31.2 Å². The Morgan fingerprint density at radius 1 is 1.10 bits per heavy atom. The summed E-state index contributed by atoms with van der Waals surface area (Å²) in [7, 11) is -3.04. The molecule has 4 rings (SSSR count). The molecule has 0 radical (unpaired) electrons. The van der Waals surface area contributed by atoms with Crippen molar-refractivity contribution in [2.75, 3.05) is 17.3 Å². The van der Waals surface area contributed by atoms with Gasteiger partial charge < -0.3 is 9.32 Å². The van der Waals surface area contributed by atoms with Crippen LogP contribution < -0.4 is 0 Å². The van der Waals surface area contributed by atoms with Crippen molar-refractivity contribution in [1.82, 2.24) is 15.1 Å². The monoisotopic (exact) mass is 435 g/mol. The lowest BCUT2D eigenvalue weighted by atomic mass is 10.1. The highest BCUT2D eigenvalue weighted by atomic mass is 32.2. The Hall–Kier alpha value is -1.87. The highest BCUT2D eigenvalue weighted by Crippen LogP contribution is 2.30. The molecule has 1 saturated heterocycles. The van der Waals surface area contributed by atoms with E-state index in [-0.39, 0.29) is 35.2 Å². The van der Waals surface area contributed by atoms with Crippen molar-refractivity contribution in [3.63, 3.8) is 0 Å². The number of nitrogens with zero attached hydrogens (tertiary/aromatic N) is 3. The third-order valence-electron chi connectivity index (χ3n) is 5.57. The minimum absolute atomic E-state index is 0.0354. The van der Waals surface area contributed by atoms with Gasteiger partial charge in [0, 0.05) is 12.1 Å². The number of sulfone groups is 1. The molecule has 1 atom stereocenters. The van der Waals surface area contributed by atoms with Crippen molar-refractivity contribution in [2.24, 2.45) is 0 Å². The number of carbonyl (C=O) groups excluding carboxylic acids is 1. The van der Waals surface area contributed by atoms with Gasteiger partial charge in [0.15, 0.2) is 9.84 Å². The Balaban J connectivity index is 1.38. The number of benzene rings is 1. The van der Waals surface area contributed by atoms with Crippen molar-refractivity contribution in [1.29, 1.82) is 0 Å². The zero-order valence-electron chi connectivity index (χ0n) is 16.2. The second-order valence-corrected chi connectivity index (χ2v) is 10.9. The number of amides is 1. The Bertz CT molecular complexity index is 940. The SMILES string of the molecule is O=C(CSc1nnc(Cc2ccccc2)o1)N(C1CCCC1)[C@H]1CCS(=O)(=O)C1. The second-order valence-electron chi connectivity index (χ2n) is 7.71. The Morgan fingerprint density at radius 2 is 1.86 bits per heavy atom. The quantitative estimate of drug-likeness (QED) is 0.617. The summed E-state index contributed by atoms with van der Waals surface area (Å²) in [6.45, 7) is 0. The van der Waals surface area contributed by atoms with E-state index in [1.54, 1.807) is 0 Å².